The predicted molar refractivity (Wildman–Crippen MR) is 181 cm³/mol. The first-order valence-electron chi connectivity index (χ1n) is 16.3. The number of sulfonamides is 1. The number of ether oxygens (including phenoxy) is 2. The number of para-hydroxylation sites is 1. The van der Waals surface area contributed by atoms with Crippen LogP contribution in [-0.4, -0.2) is 104 Å². The van der Waals surface area contributed by atoms with E-state index >= 15 is 0 Å². The number of likely N-dealkylation sites (tertiary alicyclic amines) is 1. The van der Waals surface area contributed by atoms with Gasteiger partial charge in [0.1, 0.15) is 29.0 Å². The lowest BCUT2D eigenvalue weighted by molar-refractivity contribution is -0.0249. The molecule has 3 heterocycles. The predicted octanol–water partition coefficient (Wildman–Crippen LogP) is 4.65. The number of nitrogens with zero attached hydrogens (tertiary/aromatic N) is 3. The number of nitrogens with one attached hydrogen (secondary N) is 2. The van der Waals surface area contributed by atoms with Crippen LogP contribution < -0.4 is 15.8 Å². The Kier molecular flexibility index (Phi) is 10.2. The van der Waals surface area contributed by atoms with Crippen molar-refractivity contribution >= 4 is 50.2 Å². The van der Waals surface area contributed by atoms with Crippen LogP contribution in [0.25, 0.3) is 10.9 Å². The maximum Gasteiger partial charge on any atom is 0.319 e. The summed E-state index contributed by atoms with van der Waals surface area (Å²) >= 11 is 6.56. The fraction of sp³-hybridized carbons (Fsp3) is 0.515. The van der Waals surface area contributed by atoms with E-state index in [1.54, 1.807) is 6.07 Å². The maximum absolute atomic E-state index is 14.2. The van der Waals surface area contributed by atoms with Gasteiger partial charge >= 0.3 is 6.03 Å². The Bertz CT molecular complexity index is 1690. The number of hydrogen-bond acceptors (Lipinski definition) is 7. The molecule has 2 aliphatic heterocycles. The van der Waals surface area contributed by atoms with Gasteiger partial charge in [-0.25, -0.2) is 13.2 Å². The Morgan fingerprint density at radius 2 is 1.81 bits per heavy atom. The van der Waals surface area contributed by atoms with E-state index in [0.29, 0.717) is 53.9 Å². The molecule has 0 spiro atoms. The third-order valence-electron chi connectivity index (χ3n) is 9.50. The Balaban J connectivity index is 1.18. The van der Waals surface area contributed by atoms with Crippen molar-refractivity contribution in [2.45, 2.75) is 68.0 Å². The lowest BCUT2D eigenvalue weighted by atomic mass is 9.94. The van der Waals surface area contributed by atoms with Gasteiger partial charge in [-0.05, 0) is 49.9 Å². The molecule has 254 valence electrons. The normalized spacial score (nSPS) is 20.3. The third-order valence-corrected chi connectivity index (χ3v) is 11.7. The fourth-order valence-corrected chi connectivity index (χ4v) is 8.92. The van der Waals surface area contributed by atoms with Crippen LogP contribution in [0.5, 0.6) is 5.75 Å². The zero-order chi connectivity index (χ0) is 33.1. The highest BCUT2D eigenvalue weighted by molar-refractivity contribution is 7.89. The first-order valence-corrected chi connectivity index (χ1v) is 18.2. The zero-order valence-electron chi connectivity index (χ0n) is 26.6. The second-order valence-electron chi connectivity index (χ2n) is 12.6. The average molecular weight is 687 g/mol. The number of H-pyrrole nitrogens is 1. The minimum atomic E-state index is -4.21. The largest absolute Gasteiger partial charge is 0.491 e. The highest BCUT2D eigenvalue weighted by atomic mass is 35.5. The van der Waals surface area contributed by atoms with Crippen molar-refractivity contribution < 1.29 is 27.5 Å². The molecule has 3 fully saturated rings. The highest BCUT2D eigenvalue weighted by Gasteiger charge is 2.37. The van der Waals surface area contributed by atoms with E-state index in [-0.39, 0.29) is 54.4 Å². The molecule has 0 bridgehead atoms. The molecule has 2 saturated heterocycles. The number of piperidine rings is 1. The summed E-state index contributed by atoms with van der Waals surface area (Å²) in [6.07, 6.45) is 6.57. The van der Waals surface area contributed by atoms with Gasteiger partial charge < -0.3 is 35.3 Å². The molecule has 1 atom stereocenters. The van der Waals surface area contributed by atoms with Gasteiger partial charge in [-0.1, -0.05) is 49.1 Å². The molecule has 1 aromatic heterocycles. The number of benzene rings is 2. The van der Waals surface area contributed by atoms with Crippen molar-refractivity contribution in [1.29, 1.82) is 0 Å². The number of halogens is 1. The standard InChI is InChI=1S/C33H43ClN6O6S/c1-38(24-8-4-2-5-9-24)33(42)39-14-12-23(13-15-39)36-28-19-22(34)18-27-29(28)37-30(32(35)41)31(27)47(43,44)40-16-17-45-26(20-40)21-46-25-10-6-3-7-11-25/h3,6-7,10-11,18-19,23-24,26,36-37H,2,4-5,8-9,12-17,20-21H2,1H3,(H2,35,41)/t26-/m0/s1. The molecule has 12 nitrogen and oxygen atoms in total. The van der Waals surface area contributed by atoms with Gasteiger partial charge in [0.2, 0.25) is 10.0 Å². The van der Waals surface area contributed by atoms with E-state index in [4.69, 9.17) is 26.8 Å². The number of fused-ring (bicyclic) bond motifs is 1. The van der Waals surface area contributed by atoms with Gasteiger partial charge in [-0.15, -0.1) is 0 Å². The summed E-state index contributed by atoms with van der Waals surface area (Å²) in [4.78, 5) is 32.5. The summed E-state index contributed by atoms with van der Waals surface area (Å²) in [5, 5.41) is 4.09. The van der Waals surface area contributed by atoms with E-state index in [9.17, 15) is 18.0 Å². The van der Waals surface area contributed by atoms with Gasteiger partial charge in [-0.3, -0.25) is 4.79 Å². The molecule has 0 radical (unpaired) electrons. The summed E-state index contributed by atoms with van der Waals surface area (Å²) in [6.45, 7) is 1.67. The summed E-state index contributed by atoms with van der Waals surface area (Å²) < 4.78 is 41.3. The Morgan fingerprint density at radius 1 is 1.09 bits per heavy atom. The van der Waals surface area contributed by atoms with Crippen molar-refractivity contribution in [3.8, 4) is 5.75 Å². The smallest absolute Gasteiger partial charge is 0.319 e. The van der Waals surface area contributed by atoms with E-state index < -0.39 is 22.0 Å². The van der Waals surface area contributed by atoms with E-state index in [1.165, 1.54) is 16.8 Å². The number of anilines is 1. The number of nitrogens with two attached hydrogens (primary N) is 1. The molecular weight excluding hydrogens is 644 g/mol. The van der Waals surface area contributed by atoms with Crippen molar-refractivity contribution in [2.75, 3.05) is 51.8 Å². The highest BCUT2D eigenvalue weighted by Crippen LogP contribution is 2.37. The molecule has 6 rings (SSSR count). The van der Waals surface area contributed by atoms with Crippen LogP contribution in [0.2, 0.25) is 5.02 Å². The number of aromatic nitrogens is 1. The number of carbonyl (C=O) groups excluding carboxylic acids is 2. The monoisotopic (exact) mass is 686 g/mol. The number of hydrogen-bond donors (Lipinski definition) is 3. The number of amides is 3. The molecule has 2 aromatic carbocycles. The van der Waals surface area contributed by atoms with Crippen molar-refractivity contribution in [1.82, 2.24) is 19.1 Å². The van der Waals surface area contributed by atoms with Crippen LogP contribution in [0, 0.1) is 0 Å². The van der Waals surface area contributed by atoms with Crippen molar-refractivity contribution in [2.24, 2.45) is 5.73 Å². The molecule has 3 aromatic rings. The van der Waals surface area contributed by atoms with Crippen molar-refractivity contribution in [3.63, 3.8) is 0 Å². The average Bonchev–Trinajstić information content (AvgIpc) is 3.49. The van der Waals surface area contributed by atoms with Gasteiger partial charge in [0.05, 0.1) is 17.8 Å². The van der Waals surface area contributed by atoms with E-state index in [2.05, 4.69) is 10.3 Å². The van der Waals surface area contributed by atoms with Gasteiger partial charge in [0.25, 0.3) is 5.91 Å². The Morgan fingerprint density at radius 3 is 2.51 bits per heavy atom. The number of morpholine rings is 1. The lowest BCUT2D eigenvalue weighted by Crippen LogP contribution is -2.50. The van der Waals surface area contributed by atoms with Gasteiger partial charge in [-0.2, -0.15) is 4.31 Å². The molecule has 3 aliphatic rings. The third kappa shape index (κ3) is 7.33. The summed E-state index contributed by atoms with van der Waals surface area (Å²) in [5.74, 6) is -0.240. The lowest BCUT2D eigenvalue weighted by Gasteiger charge is -2.38. The van der Waals surface area contributed by atoms with Gasteiger partial charge in [0.15, 0.2) is 0 Å². The summed E-state index contributed by atoms with van der Waals surface area (Å²) in [5.41, 5.74) is 6.53. The minimum Gasteiger partial charge on any atom is -0.491 e. The van der Waals surface area contributed by atoms with Crippen LogP contribution in [0.15, 0.2) is 47.4 Å². The molecule has 3 amide bonds. The molecular formula is C33H43ClN6O6S. The van der Waals surface area contributed by atoms with Crippen molar-refractivity contribution in [3.05, 3.63) is 53.2 Å². The molecule has 47 heavy (non-hydrogen) atoms. The molecule has 1 aliphatic carbocycles. The fourth-order valence-electron chi connectivity index (χ4n) is 6.92. The molecule has 1 saturated carbocycles. The number of aromatic amines is 1. The van der Waals surface area contributed by atoms with Crippen LogP contribution in [0.1, 0.15) is 55.4 Å². The SMILES string of the molecule is CN(C(=O)N1CCC(Nc2cc(Cl)cc3c(S(=O)(=O)N4CCO[C@H](COc5ccccc5)C4)c(C(N)=O)[nH]c23)CC1)C1CCCCC1. The zero-order valence-corrected chi connectivity index (χ0v) is 28.2. The maximum atomic E-state index is 14.2. The summed E-state index contributed by atoms with van der Waals surface area (Å²) in [7, 11) is -2.30. The number of rotatable bonds is 9. The Labute approximate surface area is 280 Å². The number of carbonyl (C=O) groups is 2. The second-order valence-corrected chi connectivity index (χ2v) is 15.0. The van der Waals surface area contributed by atoms with E-state index in [0.717, 1.165) is 25.7 Å². The first-order chi connectivity index (χ1) is 22.6. The second kappa shape index (κ2) is 14.3. The minimum absolute atomic E-state index is 0.00528. The quantitative estimate of drug-likeness (QED) is 0.297. The van der Waals surface area contributed by atoms with E-state index in [1.807, 2.05) is 47.2 Å². The van der Waals surface area contributed by atoms with Crippen LogP contribution in [-0.2, 0) is 14.8 Å². The van der Waals surface area contributed by atoms with Gasteiger partial charge in [0, 0.05) is 55.7 Å². The topological polar surface area (TPSA) is 150 Å². The van der Waals surface area contributed by atoms with Crippen LogP contribution >= 0.6 is 11.6 Å². The van der Waals surface area contributed by atoms with Crippen LogP contribution in [0.4, 0.5) is 10.5 Å². The first kappa shape index (κ1) is 33.4. The molecule has 0 unspecified atom stereocenters. The molecule has 4 N–H and O–H groups in total. The summed E-state index contributed by atoms with van der Waals surface area (Å²) in [6, 6.07) is 12.8. The molecule has 14 heteroatoms. The Hall–Kier alpha value is -3.52. The number of urea groups is 1. The van der Waals surface area contributed by atoms with Crippen LogP contribution in [0.3, 0.4) is 0 Å². The number of primary amides is 1.